The summed E-state index contributed by atoms with van der Waals surface area (Å²) in [6.07, 6.45) is 0.744. The van der Waals surface area contributed by atoms with Gasteiger partial charge in [-0.3, -0.25) is 4.79 Å². The Bertz CT molecular complexity index is 1200. The minimum atomic E-state index is 0.0527. The van der Waals surface area contributed by atoms with E-state index in [0.29, 0.717) is 13.1 Å². The van der Waals surface area contributed by atoms with Crippen LogP contribution in [0.5, 0.6) is 0 Å². The van der Waals surface area contributed by atoms with E-state index in [4.69, 9.17) is 0 Å². The number of hydrogen-bond donors (Lipinski definition) is 0. The third-order valence-corrected chi connectivity index (χ3v) is 6.15. The van der Waals surface area contributed by atoms with Gasteiger partial charge in [-0.25, -0.2) is 0 Å². The number of benzene rings is 2. The van der Waals surface area contributed by atoms with Crippen LogP contribution in [0.4, 0.5) is 0 Å². The van der Waals surface area contributed by atoms with Crippen LogP contribution in [0.25, 0.3) is 10.9 Å². The van der Waals surface area contributed by atoms with Crippen LogP contribution in [0.1, 0.15) is 46.2 Å². The molecule has 5 rings (SSSR count). The second kappa shape index (κ2) is 7.13. The molecule has 1 aliphatic heterocycles. The summed E-state index contributed by atoms with van der Waals surface area (Å²) in [5, 5.41) is 10.0. The standard InChI is InChI=1S/C24H25N5O/c1-16-14-28(24(30)23-17(2)19-11-7-8-12-20(19)27(23)3)15-22-26-25-21(29(16)22)13-18-9-5-4-6-10-18/h4-12,16H,13-15H2,1-3H3/t16-/m0/s1. The summed E-state index contributed by atoms with van der Waals surface area (Å²) in [4.78, 5) is 15.4. The minimum Gasteiger partial charge on any atom is -0.339 e. The highest BCUT2D eigenvalue weighted by Gasteiger charge is 2.31. The van der Waals surface area contributed by atoms with Crippen molar-refractivity contribution in [2.75, 3.05) is 6.54 Å². The Labute approximate surface area is 175 Å². The smallest absolute Gasteiger partial charge is 0.271 e. The highest BCUT2D eigenvalue weighted by Crippen LogP contribution is 2.28. The topological polar surface area (TPSA) is 56.0 Å². The van der Waals surface area contributed by atoms with Gasteiger partial charge in [-0.1, -0.05) is 48.5 Å². The number of nitrogens with zero attached hydrogens (tertiary/aromatic N) is 5. The van der Waals surface area contributed by atoms with Crippen LogP contribution in [-0.4, -0.2) is 36.7 Å². The van der Waals surface area contributed by atoms with Gasteiger partial charge in [0.15, 0.2) is 5.82 Å². The van der Waals surface area contributed by atoms with E-state index in [9.17, 15) is 4.79 Å². The van der Waals surface area contributed by atoms with Gasteiger partial charge in [-0.2, -0.15) is 0 Å². The molecular formula is C24H25N5O. The molecule has 0 saturated heterocycles. The Morgan fingerprint density at radius 3 is 2.57 bits per heavy atom. The first-order chi connectivity index (χ1) is 14.5. The van der Waals surface area contributed by atoms with Crippen molar-refractivity contribution < 1.29 is 4.79 Å². The number of aryl methyl sites for hydroxylation is 2. The Balaban J connectivity index is 1.45. The highest BCUT2D eigenvalue weighted by molar-refractivity contribution is 6.01. The zero-order valence-corrected chi connectivity index (χ0v) is 17.5. The van der Waals surface area contributed by atoms with Crippen LogP contribution in [0.3, 0.4) is 0 Å². The number of rotatable bonds is 3. The number of aromatic nitrogens is 4. The third kappa shape index (κ3) is 2.91. The maximum atomic E-state index is 13.5. The molecule has 1 amide bonds. The molecule has 1 atom stereocenters. The second-order valence-corrected chi connectivity index (χ2v) is 8.15. The molecule has 2 aromatic heterocycles. The molecule has 6 nitrogen and oxygen atoms in total. The van der Waals surface area contributed by atoms with E-state index in [2.05, 4.69) is 46.0 Å². The molecule has 30 heavy (non-hydrogen) atoms. The molecule has 2 aromatic carbocycles. The van der Waals surface area contributed by atoms with Crippen LogP contribution in [0.2, 0.25) is 0 Å². The molecule has 152 valence electrons. The van der Waals surface area contributed by atoms with Gasteiger partial charge in [0.25, 0.3) is 5.91 Å². The van der Waals surface area contributed by atoms with Crippen LogP contribution >= 0.6 is 0 Å². The number of para-hydroxylation sites is 1. The van der Waals surface area contributed by atoms with Crippen molar-refractivity contribution in [3.8, 4) is 0 Å². The fourth-order valence-corrected chi connectivity index (χ4v) is 4.70. The van der Waals surface area contributed by atoms with E-state index < -0.39 is 0 Å². The molecular weight excluding hydrogens is 374 g/mol. The monoisotopic (exact) mass is 399 g/mol. The quantitative estimate of drug-likeness (QED) is 0.525. The molecule has 0 radical (unpaired) electrons. The Hall–Kier alpha value is -3.41. The maximum absolute atomic E-state index is 13.5. The Kier molecular flexibility index (Phi) is 4.42. The highest BCUT2D eigenvalue weighted by atomic mass is 16.2. The normalized spacial score (nSPS) is 16.1. The lowest BCUT2D eigenvalue weighted by molar-refractivity contribution is 0.0669. The Morgan fingerprint density at radius 1 is 1.07 bits per heavy atom. The minimum absolute atomic E-state index is 0.0527. The lowest BCUT2D eigenvalue weighted by Crippen LogP contribution is -2.41. The molecule has 6 heteroatoms. The molecule has 0 unspecified atom stereocenters. The average Bonchev–Trinajstić information content (AvgIpc) is 3.28. The van der Waals surface area contributed by atoms with Gasteiger partial charge in [-0.05, 0) is 31.0 Å². The molecule has 1 aliphatic rings. The van der Waals surface area contributed by atoms with Crippen molar-refractivity contribution in [1.29, 1.82) is 0 Å². The first-order valence-corrected chi connectivity index (χ1v) is 10.3. The predicted octanol–water partition coefficient (Wildman–Crippen LogP) is 3.89. The molecule has 0 spiro atoms. The van der Waals surface area contributed by atoms with E-state index in [-0.39, 0.29) is 11.9 Å². The van der Waals surface area contributed by atoms with Crippen LogP contribution in [0.15, 0.2) is 54.6 Å². The van der Waals surface area contributed by atoms with E-state index in [1.54, 1.807) is 0 Å². The number of fused-ring (bicyclic) bond motifs is 2. The SMILES string of the molecule is Cc1c(C(=O)N2Cc3nnc(Cc4ccccc4)n3[C@@H](C)C2)n(C)c2ccccc12. The van der Waals surface area contributed by atoms with Gasteiger partial charge >= 0.3 is 0 Å². The summed E-state index contributed by atoms with van der Waals surface area (Å²) in [6.45, 7) is 5.29. The van der Waals surface area contributed by atoms with E-state index >= 15 is 0 Å². The molecule has 0 N–H and O–H groups in total. The molecule has 0 aliphatic carbocycles. The number of amides is 1. The second-order valence-electron chi connectivity index (χ2n) is 8.15. The van der Waals surface area contributed by atoms with Crippen LogP contribution in [0, 0.1) is 6.92 Å². The zero-order chi connectivity index (χ0) is 20.8. The first-order valence-electron chi connectivity index (χ1n) is 10.3. The maximum Gasteiger partial charge on any atom is 0.271 e. The first kappa shape index (κ1) is 18.6. The number of carbonyl (C=O) groups excluding carboxylic acids is 1. The van der Waals surface area contributed by atoms with Gasteiger partial charge in [0.2, 0.25) is 0 Å². The fraction of sp³-hybridized carbons (Fsp3) is 0.292. The van der Waals surface area contributed by atoms with Gasteiger partial charge in [0, 0.05) is 30.9 Å². The molecule has 0 saturated carbocycles. The van der Waals surface area contributed by atoms with Gasteiger partial charge < -0.3 is 14.0 Å². The zero-order valence-electron chi connectivity index (χ0n) is 17.5. The summed E-state index contributed by atoms with van der Waals surface area (Å²) in [6, 6.07) is 18.6. The molecule has 3 heterocycles. The lowest BCUT2D eigenvalue weighted by atomic mass is 10.1. The van der Waals surface area contributed by atoms with Crippen molar-refractivity contribution in [1.82, 2.24) is 24.2 Å². The summed E-state index contributed by atoms with van der Waals surface area (Å²) >= 11 is 0. The summed E-state index contributed by atoms with van der Waals surface area (Å²) < 4.78 is 4.21. The molecule has 4 aromatic rings. The van der Waals surface area contributed by atoms with Gasteiger partial charge in [-0.15, -0.1) is 10.2 Å². The third-order valence-electron chi connectivity index (χ3n) is 6.15. The summed E-state index contributed by atoms with van der Waals surface area (Å²) in [5.41, 5.74) is 4.07. The summed E-state index contributed by atoms with van der Waals surface area (Å²) in [5.74, 6) is 1.86. The molecule has 0 bridgehead atoms. The van der Waals surface area contributed by atoms with E-state index in [0.717, 1.165) is 40.2 Å². The fourth-order valence-electron chi connectivity index (χ4n) is 4.70. The van der Waals surface area contributed by atoms with Crippen molar-refractivity contribution in [3.63, 3.8) is 0 Å². The predicted molar refractivity (Wildman–Crippen MR) is 116 cm³/mol. The van der Waals surface area contributed by atoms with Crippen molar-refractivity contribution in [3.05, 3.63) is 83.1 Å². The number of hydrogen-bond acceptors (Lipinski definition) is 3. The van der Waals surface area contributed by atoms with Gasteiger partial charge in [0.05, 0.1) is 12.6 Å². The van der Waals surface area contributed by atoms with Crippen LogP contribution < -0.4 is 0 Å². The van der Waals surface area contributed by atoms with Crippen molar-refractivity contribution >= 4 is 16.8 Å². The van der Waals surface area contributed by atoms with E-state index in [1.807, 2.05) is 53.8 Å². The summed E-state index contributed by atoms with van der Waals surface area (Å²) in [7, 11) is 1.97. The number of carbonyl (C=O) groups is 1. The van der Waals surface area contributed by atoms with Crippen molar-refractivity contribution in [2.24, 2.45) is 7.05 Å². The van der Waals surface area contributed by atoms with Crippen molar-refractivity contribution in [2.45, 2.75) is 32.9 Å². The van der Waals surface area contributed by atoms with E-state index in [1.165, 1.54) is 5.56 Å². The average molecular weight is 399 g/mol. The Morgan fingerprint density at radius 2 is 1.80 bits per heavy atom. The molecule has 0 fully saturated rings. The van der Waals surface area contributed by atoms with Gasteiger partial charge in [0.1, 0.15) is 11.5 Å². The van der Waals surface area contributed by atoms with Crippen LogP contribution in [-0.2, 0) is 20.0 Å². The lowest BCUT2D eigenvalue weighted by Gasteiger charge is -2.33. The largest absolute Gasteiger partial charge is 0.339 e.